The number of halogens is 1. The third kappa shape index (κ3) is 3.24. The first-order chi connectivity index (χ1) is 12.2. The van der Waals surface area contributed by atoms with Gasteiger partial charge in [-0.25, -0.2) is 9.78 Å². The first-order valence-corrected chi connectivity index (χ1v) is 10.00. The maximum absolute atomic E-state index is 13.0. The second-order valence-corrected chi connectivity index (χ2v) is 7.60. The van der Waals surface area contributed by atoms with Gasteiger partial charge in [0.1, 0.15) is 11.5 Å². The Kier molecular flexibility index (Phi) is 5.90. The zero-order valence-corrected chi connectivity index (χ0v) is 16.6. The molecule has 1 unspecified atom stereocenters. The van der Waals surface area contributed by atoms with Gasteiger partial charge in [0.25, 0.3) is 0 Å². The van der Waals surface area contributed by atoms with Crippen molar-refractivity contribution in [2.75, 3.05) is 18.0 Å². The van der Waals surface area contributed by atoms with E-state index >= 15 is 0 Å². The van der Waals surface area contributed by atoms with Crippen LogP contribution in [0.2, 0.25) is 0 Å². The molecule has 0 bridgehead atoms. The Morgan fingerprint density at radius 3 is 2.65 bits per heavy atom. The Balaban J connectivity index is 0.00000196. The highest BCUT2D eigenvalue weighted by molar-refractivity contribution is 6.18. The van der Waals surface area contributed by atoms with Crippen LogP contribution in [0.4, 0.5) is 10.6 Å². The molecule has 26 heavy (non-hydrogen) atoms. The van der Waals surface area contributed by atoms with Gasteiger partial charge >= 0.3 is 6.03 Å². The number of aromatic nitrogens is 2. The Morgan fingerprint density at radius 2 is 1.96 bits per heavy atom. The second kappa shape index (κ2) is 7.99. The number of unbranched alkanes of at least 4 members (excludes halogenated alkanes) is 1. The molecular formula is C19H30ClN5O. The Labute approximate surface area is 161 Å². The lowest BCUT2D eigenvalue weighted by Gasteiger charge is -2.32. The van der Waals surface area contributed by atoms with Crippen LogP contribution < -0.4 is 4.90 Å². The number of urea groups is 1. The number of imidazole rings is 1. The number of H-pyrrole nitrogens is 1. The van der Waals surface area contributed by atoms with Gasteiger partial charge in [-0.05, 0) is 25.7 Å². The molecule has 7 heteroatoms. The molecule has 1 atom stereocenters. The molecule has 6 nitrogen and oxygen atoms in total. The standard InChI is InChI=1S/C19H29N5O.ClH/c1-3-5-10-14-12-24-17(20-14)15-18(23(11-4-2)19(24)25)22-16(21-15)13-8-6-7-9-13;/h13-14H,3-12H2,1-2H3,(H,21,22);1H. The quantitative estimate of drug-likeness (QED) is 0.792. The van der Waals surface area contributed by atoms with E-state index in [0.29, 0.717) is 19.0 Å². The summed E-state index contributed by atoms with van der Waals surface area (Å²) in [5.41, 5.74) is 0.967. The van der Waals surface area contributed by atoms with Crippen molar-refractivity contribution >= 4 is 30.1 Å². The SMILES string of the molecule is CCCCC1CN2C(=O)N(CCC)c3nc(C4CCCC4)[nH]c3C2=N1.Cl. The van der Waals surface area contributed by atoms with Gasteiger partial charge in [-0.1, -0.05) is 39.5 Å². The minimum Gasteiger partial charge on any atom is -0.337 e. The zero-order chi connectivity index (χ0) is 17.4. The topological polar surface area (TPSA) is 64.6 Å². The van der Waals surface area contributed by atoms with Crippen LogP contribution in [0.15, 0.2) is 4.99 Å². The summed E-state index contributed by atoms with van der Waals surface area (Å²) in [6, 6.07) is 0.281. The van der Waals surface area contributed by atoms with E-state index in [1.807, 2.05) is 9.80 Å². The molecule has 1 fully saturated rings. The summed E-state index contributed by atoms with van der Waals surface area (Å²) in [7, 11) is 0. The van der Waals surface area contributed by atoms with Gasteiger partial charge in [0.2, 0.25) is 0 Å². The normalized spacial score (nSPS) is 22.3. The second-order valence-electron chi connectivity index (χ2n) is 7.60. The van der Waals surface area contributed by atoms with E-state index in [4.69, 9.17) is 9.98 Å². The van der Waals surface area contributed by atoms with E-state index in [1.54, 1.807) is 0 Å². The predicted octanol–water partition coefficient (Wildman–Crippen LogP) is 4.46. The summed E-state index contributed by atoms with van der Waals surface area (Å²) in [5.74, 6) is 3.19. The molecule has 2 amide bonds. The average molecular weight is 380 g/mol. The van der Waals surface area contributed by atoms with Gasteiger partial charge in [-0.2, -0.15) is 0 Å². The number of fused-ring (bicyclic) bond motifs is 3. The van der Waals surface area contributed by atoms with Crippen LogP contribution in [0.5, 0.6) is 0 Å². The molecular weight excluding hydrogens is 350 g/mol. The summed E-state index contributed by atoms with van der Waals surface area (Å²) in [6.07, 6.45) is 9.25. The van der Waals surface area contributed by atoms with E-state index in [2.05, 4.69) is 18.8 Å². The molecule has 2 aliphatic heterocycles. The summed E-state index contributed by atoms with van der Waals surface area (Å²) < 4.78 is 0. The smallest absolute Gasteiger partial charge is 0.331 e. The molecule has 4 rings (SSSR count). The lowest BCUT2D eigenvalue weighted by Crippen LogP contribution is -2.50. The highest BCUT2D eigenvalue weighted by Crippen LogP contribution is 2.37. The number of carbonyl (C=O) groups is 1. The maximum Gasteiger partial charge on any atom is 0.331 e. The van der Waals surface area contributed by atoms with Crippen LogP contribution in [-0.4, -0.2) is 45.9 Å². The number of nitrogens with one attached hydrogen (secondary N) is 1. The molecule has 1 N–H and O–H groups in total. The number of amides is 2. The fourth-order valence-electron chi connectivity index (χ4n) is 4.33. The Morgan fingerprint density at radius 1 is 1.19 bits per heavy atom. The van der Waals surface area contributed by atoms with Gasteiger partial charge in [0.05, 0.1) is 12.6 Å². The summed E-state index contributed by atoms with van der Waals surface area (Å²) in [5, 5.41) is 0. The number of hydrogen-bond donors (Lipinski definition) is 1. The molecule has 1 aliphatic carbocycles. The summed E-state index contributed by atoms with van der Waals surface area (Å²) in [4.78, 5) is 30.1. The van der Waals surface area contributed by atoms with Crippen molar-refractivity contribution in [1.29, 1.82) is 0 Å². The molecule has 1 aromatic heterocycles. The molecule has 3 heterocycles. The lowest BCUT2D eigenvalue weighted by molar-refractivity contribution is 0.226. The predicted molar refractivity (Wildman–Crippen MR) is 107 cm³/mol. The van der Waals surface area contributed by atoms with Crippen molar-refractivity contribution in [3.8, 4) is 0 Å². The van der Waals surface area contributed by atoms with Crippen molar-refractivity contribution < 1.29 is 4.79 Å². The van der Waals surface area contributed by atoms with E-state index in [9.17, 15) is 4.79 Å². The van der Waals surface area contributed by atoms with Crippen LogP contribution in [0.1, 0.15) is 82.7 Å². The van der Waals surface area contributed by atoms with Crippen molar-refractivity contribution in [3.63, 3.8) is 0 Å². The summed E-state index contributed by atoms with van der Waals surface area (Å²) >= 11 is 0. The van der Waals surface area contributed by atoms with Gasteiger partial charge in [-0.3, -0.25) is 14.8 Å². The van der Waals surface area contributed by atoms with Crippen LogP contribution in [0, 0.1) is 0 Å². The van der Waals surface area contributed by atoms with Gasteiger partial charge in [0, 0.05) is 12.5 Å². The number of carbonyl (C=O) groups excluding carboxylic acids is 1. The highest BCUT2D eigenvalue weighted by atomic mass is 35.5. The van der Waals surface area contributed by atoms with E-state index in [-0.39, 0.29) is 24.5 Å². The zero-order valence-electron chi connectivity index (χ0n) is 15.8. The van der Waals surface area contributed by atoms with Gasteiger partial charge in [0.15, 0.2) is 11.7 Å². The van der Waals surface area contributed by atoms with Crippen LogP contribution in [0.3, 0.4) is 0 Å². The van der Waals surface area contributed by atoms with Gasteiger partial charge in [-0.15, -0.1) is 12.4 Å². The van der Waals surface area contributed by atoms with Crippen molar-refractivity contribution in [1.82, 2.24) is 14.9 Å². The summed E-state index contributed by atoms with van der Waals surface area (Å²) in [6.45, 7) is 5.73. The monoisotopic (exact) mass is 379 g/mol. The van der Waals surface area contributed by atoms with Crippen molar-refractivity contribution in [3.05, 3.63) is 11.5 Å². The van der Waals surface area contributed by atoms with Crippen LogP contribution in [0.25, 0.3) is 0 Å². The number of rotatable bonds is 6. The minimum absolute atomic E-state index is 0. The number of hydrogen-bond acceptors (Lipinski definition) is 3. The number of amidine groups is 1. The molecule has 1 aromatic rings. The van der Waals surface area contributed by atoms with Crippen molar-refractivity contribution in [2.45, 2.75) is 77.2 Å². The molecule has 0 spiro atoms. The van der Waals surface area contributed by atoms with Crippen LogP contribution in [-0.2, 0) is 0 Å². The number of anilines is 1. The van der Waals surface area contributed by atoms with E-state index in [0.717, 1.165) is 42.4 Å². The van der Waals surface area contributed by atoms with Gasteiger partial charge < -0.3 is 4.98 Å². The molecule has 144 valence electrons. The first kappa shape index (κ1) is 19.2. The fraction of sp³-hybridized carbons (Fsp3) is 0.737. The first-order valence-electron chi connectivity index (χ1n) is 10.00. The lowest BCUT2D eigenvalue weighted by atomic mass is 10.1. The number of aliphatic imine (C=N–C) groups is 1. The fourth-order valence-corrected chi connectivity index (χ4v) is 4.33. The third-order valence-electron chi connectivity index (χ3n) is 5.68. The van der Waals surface area contributed by atoms with E-state index in [1.165, 1.54) is 32.1 Å². The average Bonchev–Trinajstić information content (AvgIpc) is 3.34. The Bertz CT molecular complexity index is 679. The molecule has 0 radical (unpaired) electrons. The van der Waals surface area contributed by atoms with Crippen LogP contribution >= 0.6 is 12.4 Å². The molecule has 1 saturated carbocycles. The maximum atomic E-state index is 13.0. The molecule has 0 aromatic carbocycles. The number of aromatic amines is 1. The highest BCUT2D eigenvalue weighted by Gasteiger charge is 2.42. The largest absolute Gasteiger partial charge is 0.337 e. The Hall–Kier alpha value is -1.56. The molecule has 0 saturated heterocycles. The van der Waals surface area contributed by atoms with Crippen molar-refractivity contribution in [2.24, 2.45) is 4.99 Å². The van der Waals surface area contributed by atoms with E-state index < -0.39 is 0 Å². The minimum atomic E-state index is 0. The number of nitrogens with zero attached hydrogens (tertiary/aromatic N) is 4. The third-order valence-corrected chi connectivity index (χ3v) is 5.68. The molecule has 3 aliphatic rings.